The van der Waals surface area contributed by atoms with Crippen molar-refractivity contribution in [2.75, 3.05) is 25.0 Å². The number of rotatable bonds is 2. The van der Waals surface area contributed by atoms with Gasteiger partial charge in [-0.25, -0.2) is 9.78 Å². The summed E-state index contributed by atoms with van der Waals surface area (Å²) in [4.78, 5) is 20.6. The molecule has 0 N–H and O–H groups in total. The molecule has 1 aliphatic rings. The molecule has 128 valence electrons. The van der Waals surface area contributed by atoms with Crippen molar-refractivity contribution in [3.05, 3.63) is 22.8 Å². The van der Waals surface area contributed by atoms with E-state index in [0.717, 1.165) is 17.8 Å². The second kappa shape index (κ2) is 6.19. The summed E-state index contributed by atoms with van der Waals surface area (Å²) < 4.78 is 5.47. The quantitative estimate of drug-likeness (QED) is 0.767. The minimum atomic E-state index is -0.478. The monoisotopic (exact) mass is 339 g/mol. The fourth-order valence-electron chi connectivity index (χ4n) is 2.66. The third-order valence-electron chi connectivity index (χ3n) is 4.28. The highest BCUT2D eigenvalue weighted by Gasteiger charge is 2.41. The number of carbonyl (C=O) groups excluding carboxylic acids is 1. The average Bonchev–Trinajstić information content (AvgIpc) is 2.83. The van der Waals surface area contributed by atoms with Gasteiger partial charge in [0.25, 0.3) is 0 Å². The zero-order chi connectivity index (χ0) is 17.4. The summed E-state index contributed by atoms with van der Waals surface area (Å²) in [5, 5.41) is 0.514. The molecular weight excluding hydrogens is 314 g/mol. The van der Waals surface area contributed by atoms with E-state index in [4.69, 9.17) is 16.3 Å². The molecule has 0 bridgehead atoms. The van der Waals surface area contributed by atoms with Gasteiger partial charge in [0.2, 0.25) is 0 Å². The van der Waals surface area contributed by atoms with Crippen molar-refractivity contribution < 1.29 is 9.53 Å². The van der Waals surface area contributed by atoms with Gasteiger partial charge in [-0.2, -0.15) is 0 Å². The lowest BCUT2D eigenvalue weighted by Gasteiger charge is -2.36. The van der Waals surface area contributed by atoms with Crippen molar-refractivity contribution in [2.45, 2.75) is 52.2 Å². The Morgan fingerprint density at radius 3 is 2.65 bits per heavy atom. The van der Waals surface area contributed by atoms with E-state index in [0.29, 0.717) is 18.2 Å². The summed E-state index contributed by atoms with van der Waals surface area (Å²) in [6.45, 7) is 11.0. The Hall–Kier alpha value is -1.49. The number of aryl methyl sites for hydroxylation is 1. The molecule has 1 aromatic rings. The highest BCUT2D eigenvalue weighted by Crippen LogP contribution is 2.31. The average molecular weight is 340 g/mol. The molecule has 0 spiro atoms. The lowest BCUT2D eigenvalue weighted by atomic mass is 9.99. The van der Waals surface area contributed by atoms with Gasteiger partial charge >= 0.3 is 6.09 Å². The zero-order valence-corrected chi connectivity index (χ0v) is 15.6. The third-order valence-corrected chi connectivity index (χ3v) is 4.66. The van der Waals surface area contributed by atoms with E-state index in [-0.39, 0.29) is 11.6 Å². The minimum Gasteiger partial charge on any atom is -0.444 e. The highest BCUT2D eigenvalue weighted by molar-refractivity contribution is 6.30. The van der Waals surface area contributed by atoms with Crippen LogP contribution in [0.2, 0.25) is 5.15 Å². The van der Waals surface area contributed by atoms with E-state index >= 15 is 0 Å². The first-order chi connectivity index (χ1) is 10.5. The van der Waals surface area contributed by atoms with Crippen molar-refractivity contribution in [3.63, 3.8) is 0 Å². The number of hydrogen-bond donors (Lipinski definition) is 0. The van der Waals surface area contributed by atoms with Crippen LogP contribution in [0.1, 0.15) is 39.7 Å². The molecule has 0 aromatic carbocycles. The number of ether oxygens (including phenoxy) is 1. The van der Waals surface area contributed by atoms with Crippen LogP contribution in [0.15, 0.2) is 12.1 Å². The number of likely N-dealkylation sites (tertiary alicyclic amines) is 1. The van der Waals surface area contributed by atoms with Crippen molar-refractivity contribution in [3.8, 4) is 0 Å². The largest absolute Gasteiger partial charge is 0.444 e. The van der Waals surface area contributed by atoms with Crippen LogP contribution in [0.25, 0.3) is 0 Å². The smallest absolute Gasteiger partial charge is 0.410 e. The van der Waals surface area contributed by atoms with Gasteiger partial charge in [-0.05, 0) is 52.7 Å². The molecule has 1 atom stereocenters. The first-order valence-electron chi connectivity index (χ1n) is 7.87. The molecule has 1 saturated heterocycles. The van der Waals surface area contributed by atoms with Gasteiger partial charge in [0.1, 0.15) is 16.6 Å². The van der Waals surface area contributed by atoms with Crippen molar-refractivity contribution in [1.82, 2.24) is 9.88 Å². The second-order valence-electron chi connectivity index (χ2n) is 7.49. The number of pyridine rings is 1. The van der Waals surface area contributed by atoms with Crippen molar-refractivity contribution in [1.29, 1.82) is 0 Å². The second-order valence-corrected chi connectivity index (χ2v) is 7.84. The Morgan fingerprint density at radius 1 is 1.43 bits per heavy atom. The Labute approximate surface area is 143 Å². The molecule has 6 heteroatoms. The van der Waals surface area contributed by atoms with Gasteiger partial charge in [0.15, 0.2) is 0 Å². The van der Waals surface area contributed by atoms with Gasteiger partial charge in [-0.3, -0.25) is 0 Å². The predicted molar refractivity (Wildman–Crippen MR) is 93.2 cm³/mol. The van der Waals surface area contributed by atoms with E-state index < -0.39 is 5.60 Å². The SMILES string of the molecule is Cc1ccc(N(C)[C@]2(C)CCN(C(=O)OC(C)(C)C)C2)nc1Cl. The molecule has 5 nitrogen and oxygen atoms in total. The maximum Gasteiger partial charge on any atom is 0.410 e. The molecule has 1 aliphatic heterocycles. The molecule has 0 saturated carbocycles. The number of carbonyl (C=O) groups is 1. The van der Waals surface area contributed by atoms with Gasteiger partial charge in [-0.1, -0.05) is 17.7 Å². The Morgan fingerprint density at radius 2 is 2.09 bits per heavy atom. The van der Waals surface area contributed by atoms with Crippen LogP contribution in [0.5, 0.6) is 0 Å². The van der Waals surface area contributed by atoms with Gasteiger partial charge in [-0.15, -0.1) is 0 Å². The number of hydrogen-bond acceptors (Lipinski definition) is 4. The Bertz CT molecular complexity index is 600. The topological polar surface area (TPSA) is 45.7 Å². The standard InChI is InChI=1S/C17H26ClN3O2/c1-12-7-8-13(19-14(12)18)20(6)17(5)9-10-21(11-17)15(22)23-16(2,3)4/h7-8H,9-11H2,1-6H3/t17-/m1/s1. The minimum absolute atomic E-state index is 0.192. The number of likely N-dealkylation sites (N-methyl/N-ethyl adjacent to an activating group) is 1. The number of nitrogens with zero attached hydrogens (tertiary/aromatic N) is 3. The lowest BCUT2D eigenvalue weighted by Crippen LogP contribution is -2.48. The van der Waals surface area contributed by atoms with Crippen LogP contribution in [0, 0.1) is 6.92 Å². The predicted octanol–water partition coefficient (Wildman–Crippen LogP) is 3.88. The summed E-state index contributed by atoms with van der Waals surface area (Å²) in [5.41, 5.74) is 0.284. The first kappa shape index (κ1) is 17.9. The molecule has 0 radical (unpaired) electrons. The van der Waals surface area contributed by atoms with Crippen LogP contribution >= 0.6 is 11.6 Å². The lowest BCUT2D eigenvalue weighted by molar-refractivity contribution is 0.0286. The highest BCUT2D eigenvalue weighted by atomic mass is 35.5. The van der Waals surface area contributed by atoms with Crippen LogP contribution in [0.4, 0.5) is 10.6 Å². The van der Waals surface area contributed by atoms with Crippen molar-refractivity contribution in [2.24, 2.45) is 0 Å². The molecule has 1 aromatic heterocycles. The molecule has 0 aliphatic carbocycles. The summed E-state index contributed by atoms with van der Waals surface area (Å²) in [7, 11) is 1.99. The molecule has 2 rings (SSSR count). The van der Waals surface area contributed by atoms with Crippen LogP contribution in [-0.2, 0) is 4.74 Å². The van der Waals surface area contributed by atoms with E-state index in [1.54, 1.807) is 4.90 Å². The normalized spacial score (nSPS) is 21.4. The van der Waals surface area contributed by atoms with Crippen LogP contribution in [-0.4, -0.2) is 47.3 Å². The van der Waals surface area contributed by atoms with E-state index in [1.807, 2.05) is 46.9 Å². The summed E-state index contributed by atoms with van der Waals surface area (Å²) in [6, 6.07) is 3.92. The third kappa shape index (κ3) is 4.08. The van der Waals surface area contributed by atoms with Crippen molar-refractivity contribution >= 4 is 23.5 Å². The van der Waals surface area contributed by atoms with Crippen LogP contribution in [0.3, 0.4) is 0 Å². The molecule has 0 unspecified atom stereocenters. The molecule has 1 amide bonds. The maximum absolute atomic E-state index is 12.3. The van der Waals surface area contributed by atoms with E-state index in [1.165, 1.54) is 0 Å². The number of aromatic nitrogens is 1. The zero-order valence-electron chi connectivity index (χ0n) is 14.8. The van der Waals surface area contributed by atoms with Gasteiger partial charge in [0, 0.05) is 20.1 Å². The summed E-state index contributed by atoms with van der Waals surface area (Å²) in [5.74, 6) is 0.814. The number of amides is 1. The van der Waals surface area contributed by atoms with Crippen LogP contribution < -0.4 is 4.90 Å². The Kier molecular flexibility index (Phi) is 4.81. The summed E-state index contributed by atoms with van der Waals surface area (Å²) >= 11 is 6.14. The first-order valence-corrected chi connectivity index (χ1v) is 8.24. The van der Waals surface area contributed by atoms with E-state index in [2.05, 4.69) is 16.8 Å². The number of anilines is 1. The maximum atomic E-state index is 12.3. The molecule has 2 heterocycles. The van der Waals surface area contributed by atoms with Gasteiger partial charge in [0.05, 0.1) is 5.54 Å². The molecule has 1 fully saturated rings. The number of halogens is 1. The fourth-order valence-corrected chi connectivity index (χ4v) is 2.81. The Balaban J connectivity index is 2.11. The summed E-state index contributed by atoms with van der Waals surface area (Å²) in [6.07, 6.45) is 0.597. The molecule has 23 heavy (non-hydrogen) atoms. The fraction of sp³-hybridized carbons (Fsp3) is 0.647. The van der Waals surface area contributed by atoms with E-state index in [9.17, 15) is 4.79 Å². The van der Waals surface area contributed by atoms with Gasteiger partial charge < -0.3 is 14.5 Å². The molecular formula is C17H26ClN3O2.